The highest BCUT2D eigenvalue weighted by Crippen LogP contribution is 2.35. The van der Waals surface area contributed by atoms with Crippen molar-refractivity contribution in [3.8, 4) is 0 Å². The Morgan fingerprint density at radius 3 is 2.52 bits per heavy atom. The highest BCUT2D eigenvalue weighted by molar-refractivity contribution is 7.13. The van der Waals surface area contributed by atoms with E-state index in [1.165, 1.54) is 4.90 Å². The maximum absolute atomic E-state index is 13.2. The smallest absolute Gasteiger partial charge is 0.347 e. The minimum Gasteiger partial charge on any atom is -0.347 e. The van der Waals surface area contributed by atoms with Crippen LogP contribution in [0.4, 0.5) is 27.1 Å². The molecule has 2 aliphatic heterocycles. The molecule has 4 nitrogen and oxygen atoms in total. The Bertz CT molecular complexity index is 623. The van der Waals surface area contributed by atoms with E-state index >= 15 is 0 Å². The first kappa shape index (κ1) is 18.3. The number of carbonyl (C=O) groups is 1. The number of alkyl halides is 5. The van der Waals surface area contributed by atoms with E-state index < -0.39 is 23.7 Å². The molecule has 3 rings (SSSR count). The SMILES string of the molecule is O=C(C1CCCN(c2nc(C(F)(F)F)cs2)C1)N1CCC(F)(F)CC1. The molecule has 0 bridgehead atoms. The van der Waals surface area contributed by atoms with Gasteiger partial charge in [-0.2, -0.15) is 13.2 Å². The van der Waals surface area contributed by atoms with Crippen LogP contribution in [0.15, 0.2) is 5.38 Å². The Labute approximate surface area is 145 Å². The molecule has 0 saturated carbocycles. The number of nitrogens with zero attached hydrogens (tertiary/aromatic N) is 3. The average molecular weight is 383 g/mol. The first-order valence-corrected chi connectivity index (χ1v) is 8.98. The summed E-state index contributed by atoms with van der Waals surface area (Å²) in [6.07, 6.45) is -3.90. The van der Waals surface area contributed by atoms with Gasteiger partial charge >= 0.3 is 6.18 Å². The molecular formula is C15H18F5N3OS. The van der Waals surface area contributed by atoms with Crippen LogP contribution in [0.1, 0.15) is 31.4 Å². The largest absolute Gasteiger partial charge is 0.434 e. The molecule has 25 heavy (non-hydrogen) atoms. The van der Waals surface area contributed by atoms with Crippen molar-refractivity contribution in [2.45, 2.75) is 37.8 Å². The quantitative estimate of drug-likeness (QED) is 0.732. The van der Waals surface area contributed by atoms with Gasteiger partial charge in [0.05, 0.1) is 5.92 Å². The van der Waals surface area contributed by atoms with E-state index in [2.05, 4.69) is 4.98 Å². The van der Waals surface area contributed by atoms with Crippen molar-refractivity contribution < 1.29 is 26.7 Å². The summed E-state index contributed by atoms with van der Waals surface area (Å²) < 4.78 is 64.5. The van der Waals surface area contributed by atoms with Gasteiger partial charge in [-0.1, -0.05) is 0 Å². The summed E-state index contributed by atoms with van der Waals surface area (Å²) >= 11 is 0.903. The fourth-order valence-electron chi connectivity index (χ4n) is 3.20. The third-order valence-electron chi connectivity index (χ3n) is 4.63. The predicted molar refractivity (Wildman–Crippen MR) is 82.8 cm³/mol. The second kappa shape index (κ2) is 6.69. The van der Waals surface area contributed by atoms with E-state index in [1.54, 1.807) is 4.90 Å². The molecule has 0 aromatic carbocycles. The van der Waals surface area contributed by atoms with Crippen molar-refractivity contribution in [1.29, 1.82) is 0 Å². The molecule has 2 saturated heterocycles. The van der Waals surface area contributed by atoms with E-state index in [1.807, 2.05) is 0 Å². The van der Waals surface area contributed by atoms with Crippen LogP contribution >= 0.6 is 11.3 Å². The van der Waals surface area contributed by atoms with Gasteiger partial charge in [-0.25, -0.2) is 13.8 Å². The second-order valence-electron chi connectivity index (χ2n) is 6.48. The van der Waals surface area contributed by atoms with Gasteiger partial charge in [0.25, 0.3) is 5.92 Å². The van der Waals surface area contributed by atoms with E-state index in [9.17, 15) is 26.7 Å². The molecule has 1 amide bonds. The number of amides is 1. The summed E-state index contributed by atoms with van der Waals surface area (Å²) in [6.45, 7) is 0.860. The van der Waals surface area contributed by atoms with Gasteiger partial charge in [-0.3, -0.25) is 4.79 Å². The molecule has 3 heterocycles. The lowest BCUT2D eigenvalue weighted by Gasteiger charge is -2.37. The van der Waals surface area contributed by atoms with E-state index in [-0.39, 0.29) is 43.5 Å². The average Bonchev–Trinajstić information content (AvgIpc) is 3.05. The molecule has 1 aromatic rings. The number of hydrogen-bond acceptors (Lipinski definition) is 4. The number of rotatable bonds is 2. The standard InChI is InChI=1S/C15H18F5N3OS/c16-14(17)3-6-22(7-4-14)12(24)10-2-1-5-23(8-10)13-21-11(9-25-13)15(18,19)20/h9-10H,1-8H2. The number of thiazole rings is 1. The molecule has 0 radical (unpaired) electrons. The molecular weight excluding hydrogens is 365 g/mol. The summed E-state index contributed by atoms with van der Waals surface area (Å²) in [5.74, 6) is -3.30. The number of piperidine rings is 2. The Hall–Kier alpha value is -1.45. The highest BCUT2D eigenvalue weighted by Gasteiger charge is 2.39. The first-order chi connectivity index (χ1) is 11.7. The minimum absolute atomic E-state index is 0.0256. The summed E-state index contributed by atoms with van der Waals surface area (Å²) in [5, 5.41) is 1.21. The number of anilines is 1. The zero-order chi connectivity index (χ0) is 18.2. The van der Waals surface area contributed by atoms with E-state index in [0.29, 0.717) is 19.4 Å². The lowest BCUT2D eigenvalue weighted by Crippen LogP contribution is -2.49. The minimum atomic E-state index is -4.49. The highest BCUT2D eigenvalue weighted by atomic mass is 32.1. The summed E-state index contributed by atoms with van der Waals surface area (Å²) in [7, 11) is 0. The van der Waals surface area contributed by atoms with Crippen LogP contribution in [0.5, 0.6) is 0 Å². The predicted octanol–water partition coefficient (Wildman–Crippen LogP) is 3.64. The fraction of sp³-hybridized carbons (Fsp3) is 0.733. The first-order valence-electron chi connectivity index (χ1n) is 8.10. The Kier molecular flexibility index (Phi) is 4.91. The van der Waals surface area contributed by atoms with Crippen molar-refractivity contribution in [3.63, 3.8) is 0 Å². The van der Waals surface area contributed by atoms with Gasteiger partial charge in [0.1, 0.15) is 0 Å². The van der Waals surface area contributed by atoms with E-state index in [4.69, 9.17) is 0 Å². The third kappa shape index (κ3) is 4.21. The lowest BCUT2D eigenvalue weighted by molar-refractivity contribution is -0.142. The van der Waals surface area contributed by atoms with Crippen molar-refractivity contribution in [3.05, 3.63) is 11.1 Å². The zero-order valence-corrected chi connectivity index (χ0v) is 14.2. The molecule has 1 unspecified atom stereocenters. The van der Waals surface area contributed by atoms with Gasteiger partial charge in [-0.05, 0) is 12.8 Å². The van der Waals surface area contributed by atoms with Crippen molar-refractivity contribution in [2.75, 3.05) is 31.1 Å². The van der Waals surface area contributed by atoms with Gasteiger partial charge in [0.15, 0.2) is 10.8 Å². The maximum atomic E-state index is 13.2. The molecule has 0 spiro atoms. The molecule has 0 aliphatic carbocycles. The molecule has 10 heteroatoms. The van der Waals surface area contributed by atoms with Crippen molar-refractivity contribution in [2.24, 2.45) is 5.92 Å². The summed E-state index contributed by atoms with van der Waals surface area (Å²) in [4.78, 5) is 19.3. The summed E-state index contributed by atoms with van der Waals surface area (Å²) in [5.41, 5.74) is -0.931. The van der Waals surface area contributed by atoms with Crippen LogP contribution in [0, 0.1) is 5.92 Å². The van der Waals surface area contributed by atoms with Gasteiger partial charge in [0.2, 0.25) is 5.91 Å². The van der Waals surface area contributed by atoms with Gasteiger partial charge < -0.3 is 9.80 Å². The Morgan fingerprint density at radius 1 is 1.24 bits per heavy atom. The fourth-order valence-corrected chi connectivity index (χ4v) is 4.07. The maximum Gasteiger partial charge on any atom is 0.434 e. The Morgan fingerprint density at radius 2 is 1.92 bits per heavy atom. The number of halogens is 5. The monoisotopic (exact) mass is 383 g/mol. The number of hydrogen-bond donors (Lipinski definition) is 0. The van der Waals surface area contributed by atoms with Crippen LogP contribution in [-0.2, 0) is 11.0 Å². The van der Waals surface area contributed by atoms with Crippen molar-refractivity contribution >= 4 is 22.4 Å². The molecule has 0 N–H and O–H groups in total. The van der Waals surface area contributed by atoms with Gasteiger partial charge in [-0.15, -0.1) is 11.3 Å². The Balaban J connectivity index is 1.63. The molecule has 1 aromatic heterocycles. The van der Waals surface area contributed by atoms with E-state index in [0.717, 1.165) is 16.7 Å². The van der Waals surface area contributed by atoms with Crippen LogP contribution < -0.4 is 4.90 Å². The van der Waals surface area contributed by atoms with Crippen LogP contribution in [0.25, 0.3) is 0 Å². The summed E-state index contributed by atoms with van der Waals surface area (Å²) in [6, 6.07) is 0. The molecule has 2 aliphatic rings. The number of aromatic nitrogens is 1. The second-order valence-corrected chi connectivity index (χ2v) is 7.32. The molecule has 2 fully saturated rings. The zero-order valence-electron chi connectivity index (χ0n) is 13.4. The topological polar surface area (TPSA) is 36.4 Å². The lowest BCUT2D eigenvalue weighted by atomic mass is 9.95. The van der Waals surface area contributed by atoms with Crippen molar-refractivity contribution in [1.82, 2.24) is 9.88 Å². The molecule has 1 atom stereocenters. The normalized spacial score (nSPS) is 24.4. The van der Waals surface area contributed by atoms with Gasteiger partial charge in [0, 0.05) is 44.4 Å². The van der Waals surface area contributed by atoms with Crippen LogP contribution in [0.2, 0.25) is 0 Å². The third-order valence-corrected chi connectivity index (χ3v) is 5.53. The molecule has 140 valence electrons. The van der Waals surface area contributed by atoms with Crippen LogP contribution in [-0.4, -0.2) is 47.9 Å². The number of carbonyl (C=O) groups excluding carboxylic acids is 1. The number of likely N-dealkylation sites (tertiary alicyclic amines) is 1. The van der Waals surface area contributed by atoms with Crippen LogP contribution in [0.3, 0.4) is 0 Å².